The molecule has 0 aromatic rings. The van der Waals surface area contributed by atoms with Crippen molar-refractivity contribution in [2.75, 3.05) is 0 Å². The highest BCUT2D eigenvalue weighted by molar-refractivity contribution is 5.81. The van der Waals surface area contributed by atoms with Crippen molar-refractivity contribution in [1.29, 1.82) is 0 Å². The van der Waals surface area contributed by atoms with E-state index in [1.807, 2.05) is 20.8 Å². The summed E-state index contributed by atoms with van der Waals surface area (Å²) in [7, 11) is 0. The molecule has 0 aromatic carbocycles. The largest absolute Gasteiger partial charge is 0.481 e. The Labute approximate surface area is 113 Å². The SMILES string of the molecule is CC1OC(C)C(C(=O)NC2C=CC(C(=O)O)C2)C1C. The predicted octanol–water partition coefficient (Wildman–Crippen LogP) is 1.19. The molecule has 1 heterocycles. The van der Waals surface area contributed by atoms with Crippen LogP contribution in [0.4, 0.5) is 0 Å². The summed E-state index contributed by atoms with van der Waals surface area (Å²) in [6, 6.07) is -0.177. The Hall–Kier alpha value is -1.36. The van der Waals surface area contributed by atoms with Crippen LogP contribution in [0.1, 0.15) is 27.2 Å². The lowest BCUT2D eigenvalue weighted by molar-refractivity contribution is -0.140. The van der Waals surface area contributed by atoms with Crippen LogP contribution in [-0.2, 0) is 14.3 Å². The Morgan fingerprint density at radius 3 is 2.37 bits per heavy atom. The molecule has 1 saturated heterocycles. The van der Waals surface area contributed by atoms with E-state index < -0.39 is 11.9 Å². The molecule has 6 atom stereocenters. The van der Waals surface area contributed by atoms with Crippen LogP contribution in [0.2, 0.25) is 0 Å². The van der Waals surface area contributed by atoms with Gasteiger partial charge in [0.2, 0.25) is 5.91 Å². The smallest absolute Gasteiger partial charge is 0.310 e. The summed E-state index contributed by atoms with van der Waals surface area (Å²) >= 11 is 0. The molecule has 1 fully saturated rings. The second-order valence-electron chi connectivity index (χ2n) is 5.61. The Morgan fingerprint density at radius 1 is 1.21 bits per heavy atom. The van der Waals surface area contributed by atoms with Gasteiger partial charge >= 0.3 is 5.97 Å². The van der Waals surface area contributed by atoms with Gasteiger partial charge in [-0.1, -0.05) is 19.1 Å². The lowest BCUT2D eigenvalue weighted by Crippen LogP contribution is -2.42. The zero-order valence-electron chi connectivity index (χ0n) is 11.5. The Bertz CT molecular complexity index is 406. The van der Waals surface area contributed by atoms with E-state index >= 15 is 0 Å². The van der Waals surface area contributed by atoms with Crippen LogP contribution in [0, 0.1) is 17.8 Å². The van der Waals surface area contributed by atoms with E-state index in [0.29, 0.717) is 6.42 Å². The number of carboxylic acid groups (broad SMARTS) is 1. The van der Waals surface area contributed by atoms with Crippen molar-refractivity contribution in [3.8, 4) is 0 Å². The summed E-state index contributed by atoms with van der Waals surface area (Å²) in [5, 5.41) is 11.8. The summed E-state index contributed by atoms with van der Waals surface area (Å²) in [5.41, 5.74) is 0. The second-order valence-corrected chi connectivity index (χ2v) is 5.61. The molecular formula is C14H21NO4. The number of ether oxygens (including phenoxy) is 1. The third-order valence-corrected chi connectivity index (χ3v) is 4.27. The Morgan fingerprint density at radius 2 is 1.89 bits per heavy atom. The van der Waals surface area contributed by atoms with Crippen molar-refractivity contribution in [1.82, 2.24) is 5.32 Å². The molecule has 0 aromatic heterocycles. The van der Waals surface area contributed by atoms with E-state index in [-0.39, 0.29) is 36.0 Å². The number of carbonyl (C=O) groups is 2. The third kappa shape index (κ3) is 2.81. The van der Waals surface area contributed by atoms with Gasteiger partial charge in [0.1, 0.15) is 0 Å². The molecule has 5 heteroatoms. The summed E-state index contributed by atoms with van der Waals surface area (Å²) < 4.78 is 5.66. The van der Waals surface area contributed by atoms with Crippen molar-refractivity contribution < 1.29 is 19.4 Å². The summed E-state index contributed by atoms with van der Waals surface area (Å²) in [6.07, 6.45) is 3.84. The normalized spacial score (nSPS) is 41.4. The van der Waals surface area contributed by atoms with Crippen LogP contribution >= 0.6 is 0 Å². The highest BCUT2D eigenvalue weighted by atomic mass is 16.5. The molecule has 0 radical (unpaired) electrons. The van der Waals surface area contributed by atoms with E-state index in [2.05, 4.69) is 5.32 Å². The first kappa shape index (κ1) is 14.1. The zero-order chi connectivity index (χ0) is 14.2. The average Bonchev–Trinajstić information content (AvgIpc) is 2.85. The highest BCUT2D eigenvalue weighted by Crippen LogP contribution is 2.32. The number of hydrogen-bond acceptors (Lipinski definition) is 3. The number of carboxylic acids is 1. The molecule has 19 heavy (non-hydrogen) atoms. The minimum atomic E-state index is -0.840. The average molecular weight is 267 g/mol. The highest BCUT2D eigenvalue weighted by Gasteiger charge is 2.42. The first-order chi connectivity index (χ1) is 8.90. The quantitative estimate of drug-likeness (QED) is 0.753. The van der Waals surface area contributed by atoms with Crippen molar-refractivity contribution in [3.05, 3.63) is 12.2 Å². The maximum absolute atomic E-state index is 12.3. The lowest BCUT2D eigenvalue weighted by Gasteiger charge is -2.20. The molecular weight excluding hydrogens is 246 g/mol. The topological polar surface area (TPSA) is 75.6 Å². The monoisotopic (exact) mass is 267 g/mol. The number of hydrogen-bond donors (Lipinski definition) is 2. The van der Waals surface area contributed by atoms with E-state index in [9.17, 15) is 9.59 Å². The fourth-order valence-electron chi connectivity index (χ4n) is 2.99. The first-order valence-electron chi connectivity index (χ1n) is 6.77. The maximum atomic E-state index is 12.3. The van der Waals surface area contributed by atoms with Gasteiger partial charge in [-0.15, -0.1) is 0 Å². The molecule has 6 unspecified atom stereocenters. The molecule has 2 rings (SSSR count). The Balaban J connectivity index is 1.92. The number of aliphatic carboxylic acids is 1. The van der Waals surface area contributed by atoms with Gasteiger partial charge in [0.15, 0.2) is 0 Å². The molecule has 1 amide bonds. The lowest BCUT2D eigenvalue weighted by atomic mass is 9.88. The fraction of sp³-hybridized carbons (Fsp3) is 0.714. The number of carbonyl (C=O) groups excluding carboxylic acids is 1. The van der Waals surface area contributed by atoms with E-state index in [1.165, 1.54) is 0 Å². The Kier molecular flexibility index (Phi) is 3.94. The van der Waals surface area contributed by atoms with Gasteiger partial charge in [-0.25, -0.2) is 0 Å². The van der Waals surface area contributed by atoms with Gasteiger partial charge in [-0.05, 0) is 26.2 Å². The second kappa shape index (κ2) is 5.33. The third-order valence-electron chi connectivity index (χ3n) is 4.27. The van der Waals surface area contributed by atoms with Crippen molar-refractivity contribution in [2.24, 2.45) is 17.8 Å². The minimum Gasteiger partial charge on any atom is -0.481 e. The predicted molar refractivity (Wildman–Crippen MR) is 69.5 cm³/mol. The van der Waals surface area contributed by atoms with Crippen molar-refractivity contribution in [3.63, 3.8) is 0 Å². The number of nitrogens with one attached hydrogen (secondary N) is 1. The maximum Gasteiger partial charge on any atom is 0.310 e. The van der Waals surface area contributed by atoms with E-state index in [0.717, 1.165) is 0 Å². The molecule has 106 valence electrons. The first-order valence-corrected chi connectivity index (χ1v) is 6.77. The number of rotatable bonds is 3. The van der Waals surface area contributed by atoms with Crippen LogP contribution < -0.4 is 5.32 Å². The van der Waals surface area contributed by atoms with Crippen LogP contribution in [0.15, 0.2) is 12.2 Å². The summed E-state index contributed by atoms with van der Waals surface area (Å²) in [5.74, 6) is -1.35. The number of amides is 1. The van der Waals surface area contributed by atoms with Gasteiger partial charge in [0.25, 0.3) is 0 Å². The van der Waals surface area contributed by atoms with Crippen LogP contribution in [0.3, 0.4) is 0 Å². The summed E-state index contributed by atoms with van der Waals surface area (Å²) in [6.45, 7) is 5.90. The van der Waals surface area contributed by atoms with Gasteiger partial charge in [-0.2, -0.15) is 0 Å². The summed E-state index contributed by atoms with van der Waals surface area (Å²) in [4.78, 5) is 23.1. The molecule has 0 bridgehead atoms. The standard InChI is InChI=1S/C14H21NO4/c1-7-8(2)19-9(3)12(7)13(16)15-11-5-4-10(6-11)14(17)18/h4-5,7-12H,6H2,1-3H3,(H,15,16)(H,17,18). The van der Waals surface area contributed by atoms with Gasteiger partial charge in [-0.3, -0.25) is 9.59 Å². The molecule has 1 aliphatic carbocycles. The van der Waals surface area contributed by atoms with Crippen molar-refractivity contribution in [2.45, 2.75) is 45.4 Å². The van der Waals surface area contributed by atoms with E-state index in [1.54, 1.807) is 12.2 Å². The fourth-order valence-corrected chi connectivity index (χ4v) is 2.99. The van der Waals surface area contributed by atoms with Gasteiger partial charge in [0.05, 0.1) is 24.0 Å². The molecule has 5 nitrogen and oxygen atoms in total. The molecule has 2 N–H and O–H groups in total. The van der Waals surface area contributed by atoms with Crippen molar-refractivity contribution >= 4 is 11.9 Å². The zero-order valence-corrected chi connectivity index (χ0v) is 11.5. The molecule has 0 saturated carbocycles. The van der Waals surface area contributed by atoms with Gasteiger partial charge in [0, 0.05) is 6.04 Å². The van der Waals surface area contributed by atoms with E-state index in [4.69, 9.17) is 9.84 Å². The van der Waals surface area contributed by atoms with Crippen LogP contribution in [0.5, 0.6) is 0 Å². The van der Waals surface area contributed by atoms with Crippen LogP contribution in [-0.4, -0.2) is 35.2 Å². The molecule has 1 aliphatic heterocycles. The van der Waals surface area contributed by atoms with Crippen LogP contribution in [0.25, 0.3) is 0 Å². The molecule has 0 spiro atoms. The minimum absolute atomic E-state index is 0.0370. The molecule has 2 aliphatic rings. The van der Waals surface area contributed by atoms with Gasteiger partial charge < -0.3 is 15.2 Å².